The Morgan fingerprint density at radius 1 is 0.514 bits per heavy atom. The van der Waals surface area contributed by atoms with Crippen LogP contribution in [0.2, 0.25) is 5.21 Å². The molecule has 0 aliphatic rings. The number of hydrogen-bond donors (Lipinski definition) is 0. The van der Waals surface area contributed by atoms with Crippen LogP contribution in [-0.2, 0) is 0 Å². The van der Waals surface area contributed by atoms with Gasteiger partial charge in [-0.05, 0) is 0 Å². The van der Waals surface area contributed by atoms with Crippen LogP contribution in [0.4, 0.5) is 0 Å². The second kappa shape index (κ2) is 13.6. The van der Waals surface area contributed by atoms with Gasteiger partial charge in [-0.1, -0.05) is 0 Å². The van der Waals surface area contributed by atoms with Crippen LogP contribution in [0.15, 0.2) is 97.1 Å². The molecular formula is C31H34AsO4P. The van der Waals surface area contributed by atoms with Crippen molar-refractivity contribution in [2.45, 2.75) is 11.6 Å². The van der Waals surface area contributed by atoms with Gasteiger partial charge in [-0.2, -0.15) is 0 Å². The summed E-state index contributed by atoms with van der Waals surface area (Å²) in [6, 6.07) is 33.7. The van der Waals surface area contributed by atoms with Crippen molar-refractivity contribution in [3.8, 4) is 23.0 Å². The first-order valence-electron chi connectivity index (χ1n) is 12.3. The molecule has 0 saturated carbocycles. The van der Waals surface area contributed by atoms with Crippen LogP contribution in [0, 0.1) is 0 Å². The SMILES string of the molecule is COc1ccccc1P(CCC[As](c1ccccc1OC)c1ccccc1OC)c1ccccc1OC. The van der Waals surface area contributed by atoms with Crippen LogP contribution in [0.1, 0.15) is 6.42 Å². The van der Waals surface area contributed by atoms with Gasteiger partial charge in [0.1, 0.15) is 0 Å². The van der Waals surface area contributed by atoms with Crippen LogP contribution in [-0.4, -0.2) is 49.3 Å². The summed E-state index contributed by atoms with van der Waals surface area (Å²) in [6.07, 6.45) is 2.10. The van der Waals surface area contributed by atoms with E-state index in [9.17, 15) is 0 Å². The summed E-state index contributed by atoms with van der Waals surface area (Å²) in [6.45, 7) is 0. The minimum atomic E-state index is -1.74. The van der Waals surface area contributed by atoms with Crippen molar-refractivity contribution in [2.75, 3.05) is 34.6 Å². The summed E-state index contributed by atoms with van der Waals surface area (Å²) in [5, 5.41) is 3.59. The van der Waals surface area contributed by atoms with Crippen molar-refractivity contribution in [2.24, 2.45) is 0 Å². The van der Waals surface area contributed by atoms with Gasteiger partial charge in [0.25, 0.3) is 0 Å². The number of hydrogen-bond acceptors (Lipinski definition) is 4. The molecule has 0 bridgehead atoms. The van der Waals surface area contributed by atoms with E-state index < -0.39 is 22.6 Å². The molecule has 0 radical (unpaired) electrons. The van der Waals surface area contributed by atoms with E-state index in [-0.39, 0.29) is 0 Å². The molecule has 0 heterocycles. The van der Waals surface area contributed by atoms with E-state index in [1.807, 2.05) is 24.3 Å². The molecule has 0 spiro atoms. The summed E-state index contributed by atoms with van der Waals surface area (Å²) < 4.78 is 25.9. The third kappa shape index (κ3) is 6.32. The second-order valence-corrected chi connectivity index (χ2v) is 15.4. The molecule has 0 fully saturated rings. The molecular weight excluding hydrogens is 542 g/mol. The summed E-state index contributed by atoms with van der Waals surface area (Å²) in [4.78, 5) is 0. The molecule has 0 aliphatic carbocycles. The molecule has 4 rings (SSSR count). The Morgan fingerprint density at radius 3 is 1.32 bits per heavy atom. The number of para-hydroxylation sites is 4. The van der Waals surface area contributed by atoms with Gasteiger partial charge in [0, 0.05) is 0 Å². The topological polar surface area (TPSA) is 36.9 Å². The monoisotopic (exact) mass is 576 g/mol. The van der Waals surface area contributed by atoms with E-state index in [4.69, 9.17) is 18.9 Å². The van der Waals surface area contributed by atoms with E-state index in [0.717, 1.165) is 40.8 Å². The zero-order valence-electron chi connectivity index (χ0n) is 21.9. The van der Waals surface area contributed by atoms with E-state index in [1.165, 1.54) is 19.3 Å². The zero-order valence-corrected chi connectivity index (χ0v) is 24.7. The molecule has 4 aromatic rings. The molecule has 0 unspecified atom stereocenters. The second-order valence-electron chi connectivity index (χ2n) is 8.34. The molecule has 0 atom stereocenters. The number of methoxy groups -OCH3 is 4. The Balaban J connectivity index is 1.70. The third-order valence-electron chi connectivity index (χ3n) is 6.27. The van der Waals surface area contributed by atoms with Gasteiger partial charge in [-0.15, -0.1) is 0 Å². The van der Waals surface area contributed by atoms with Crippen molar-refractivity contribution in [3.05, 3.63) is 97.1 Å². The molecule has 0 aliphatic heterocycles. The first kappa shape index (κ1) is 27.1. The first-order chi connectivity index (χ1) is 18.2. The average Bonchev–Trinajstić information content (AvgIpc) is 2.97. The van der Waals surface area contributed by atoms with Gasteiger partial charge < -0.3 is 0 Å². The molecule has 0 aromatic heterocycles. The van der Waals surface area contributed by atoms with E-state index in [0.29, 0.717) is 0 Å². The van der Waals surface area contributed by atoms with Crippen molar-refractivity contribution >= 4 is 41.9 Å². The molecule has 0 saturated heterocycles. The molecule has 6 heteroatoms. The van der Waals surface area contributed by atoms with Crippen LogP contribution in [0.25, 0.3) is 0 Å². The Kier molecular flexibility index (Phi) is 9.94. The first-order valence-corrected chi connectivity index (χ1v) is 17.0. The van der Waals surface area contributed by atoms with E-state index in [1.54, 1.807) is 28.4 Å². The van der Waals surface area contributed by atoms with Gasteiger partial charge >= 0.3 is 227 Å². The predicted molar refractivity (Wildman–Crippen MR) is 157 cm³/mol. The number of benzene rings is 4. The van der Waals surface area contributed by atoms with E-state index in [2.05, 4.69) is 72.8 Å². The Labute approximate surface area is 226 Å². The Bertz CT molecular complexity index is 1100. The maximum atomic E-state index is 5.81. The van der Waals surface area contributed by atoms with Gasteiger partial charge in [-0.25, -0.2) is 0 Å². The number of ether oxygens (including phenoxy) is 4. The van der Waals surface area contributed by atoms with Crippen molar-refractivity contribution in [3.63, 3.8) is 0 Å². The fraction of sp³-hybridized carbons (Fsp3) is 0.226. The van der Waals surface area contributed by atoms with Gasteiger partial charge in [-0.3, -0.25) is 0 Å². The van der Waals surface area contributed by atoms with Crippen LogP contribution < -0.4 is 38.3 Å². The van der Waals surface area contributed by atoms with Gasteiger partial charge in [0.15, 0.2) is 0 Å². The zero-order chi connectivity index (χ0) is 26.0. The van der Waals surface area contributed by atoms with Gasteiger partial charge in [0.05, 0.1) is 0 Å². The summed E-state index contributed by atoms with van der Waals surface area (Å²) in [5.41, 5.74) is 0. The standard InChI is InChI=1S/C31H34AsO4P/c1-33-26-16-7-5-14-24(26)32(25-15-6-8-17-27(25)34-2)22-13-23-37(30-20-11-9-18-28(30)35-3)31-21-12-10-19-29(31)36-4/h5-12,14-21H,13,22-23H2,1-4H3. The fourth-order valence-electron chi connectivity index (χ4n) is 4.54. The summed E-state index contributed by atoms with van der Waals surface area (Å²) >= 11 is -1.74. The molecule has 4 nitrogen and oxygen atoms in total. The molecule has 0 amide bonds. The summed E-state index contributed by atoms with van der Waals surface area (Å²) in [7, 11) is 6.34. The molecule has 4 aromatic carbocycles. The van der Waals surface area contributed by atoms with Crippen molar-refractivity contribution in [1.82, 2.24) is 0 Å². The van der Waals surface area contributed by atoms with Crippen LogP contribution >= 0.6 is 7.92 Å². The van der Waals surface area contributed by atoms with Crippen LogP contribution in [0.3, 0.4) is 0 Å². The quantitative estimate of drug-likeness (QED) is 0.179. The number of rotatable bonds is 12. The predicted octanol–water partition coefficient (Wildman–Crippen LogP) is 4.85. The van der Waals surface area contributed by atoms with Gasteiger partial charge in [0.2, 0.25) is 0 Å². The van der Waals surface area contributed by atoms with Crippen molar-refractivity contribution < 1.29 is 18.9 Å². The van der Waals surface area contributed by atoms with Crippen molar-refractivity contribution in [1.29, 1.82) is 0 Å². The van der Waals surface area contributed by atoms with Crippen LogP contribution in [0.5, 0.6) is 23.0 Å². The Hall–Kier alpha value is -2.93. The minimum absolute atomic E-state index is 0.684. The summed E-state index contributed by atoms with van der Waals surface area (Å²) in [5.74, 6) is 3.79. The van der Waals surface area contributed by atoms with E-state index >= 15 is 0 Å². The maximum absolute atomic E-state index is 5.81. The average molecular weight is 577 g/mol. The molecule has 192 valence electrons. The molecule has 37 heavy (non-hydrogen) atoms. The Morgan fingerprint density at radius 2 is 0.892 bits per heavy atom. The fourth-order valence-corrected chi connectivity index (χ4v) is 13.2. The third-order valence-corrected chi connectivity index (χ3v) is 14.5. The normalized spacial score (nSPS) is 11.0. The molecule has 0 N–H and O–H groups in total.